The molecule has 2 saturated heterocycles. The molecule has 0 atom stereocenters. The molecule has 7 heteroatoms. The number of carbonyl (C=O) groups excluding carboxylic acids is 1. The van der Waals surface area contributed by atoms with Gasteiger partial charge in [-0.1, -0.05) is 25.0 Å². The van der Waals surface area contributed by atoms with Gasteiger partial charge in [0.2, 0.25) is 0 Å². The number of likely N-dealkylation sites (tertiary alicyclic amines) is 2. The molecule has 2 aromatic carbocycles. The van der Waals surface area contributed by atoms with Crippen molar-refractivity contribution in [3.63, 3.8) is 0 Å². The molecule has 2 aliphatic heterocycles. The van der Waals surface area contributed by atoms with Crippen molar-refractivity contribution in [3.8, 4) is 23.0 Å². The number of methoxy groups -OCH3 is 2. The van der Waals surface area contributed by atoms with E-state index in [9.17, 15) is 4.79 Å². The van der Waals surface area contributed by atoms with E-state index >= 15 is 0 Å². The molecular formula is C36H48N2O5. The Morgan fingerprint density at radius 2 is 1.05 bits per heavy atom. The van der Waals surface area contributed by atoms with Crippen LogP contribution in [0, 0.1) is 0 Å². The van der Waals surface area contributed by atoms with Crippen LogP contribution in [0.3, 0.4) is 0 Å². The number of ketones is 1. The highest BCUT2D eigenvalue weighted by molar-refractivity contribution is 6.14. The summed E-state index contributed by atoms with van der Waals surface area (Å²) >= 11 is 0. The summed E-state index contributed by atoms with van der Waals surface area (Å²) in [5.74, 6) is 2.97. The molecule has 1 saturated carbocycles. The Morgan fingerprint density at radius 3 is 1.47 bits per heavy atom. The highest BCUT2D eigenvalue weighted by atomic mass is 16.5. The molecule has 3 aliphatic rings. The average Bonchev–Trinajstić information content (AvgIpc) is 3.05. The largest absolute Gasteiger partial charge is 0.493 e. The van der Waals surface area contributed by atoms with E-state index in [-0.39, 0.29) is 5.78 Å². The molecule has 0 radical (unpaired) electrons. The van der Waals surface area contributed by atoms with Crippen LogP contribution in [0.5, 0.6) is 23.0 Å². The van der Waals surface area contributed by atoms with Gasteiger partial charge in [-0.15, -0.1) is 0 Å². The third kappa shape index (κ3) is 8.87. The van der Waals surface area contributed by atoms with Gasteiger partial charge >= 0.3 is 0 Å². The highest BCUT2D eigenvalue weighted by Gasteiger charge is 2.21. The molecule has 3 fully saturated rings. The Kier molecular flexibility index (Phi) is 11.6. The lowest BCUT2D eigenvalue weighted by molar-refractivity contribution is -0.112. The van der Waals surface area contributed by atoms with Crippen molar-refractivity contribution in [1.29, 1.82) is 0 Å². The second-order valence-corrected chi connectivity index (χ2v) is 11.8. The number of allylic oxidation sites excluding steroid dienone is 2. The van der Waals surface area contributed by atoms with Gasteiger partial charge in [-0.05, 0) is 119 Å². The van der Waals surface area contributed by atoms with Crippen LogP contribution in [0.15, 0.2) is 47.5 Å². The van der Waals surface area contributed by atoms with Crippen molar-refractivity contribution in [2.24, 2.45) is 0 Å². The first-order valence-corrected chi connectivity index (χ1v) is 16.1. The Hall–Kier alpha value is -3.29. The first kappa shape index (κ1) is 31.1. The van der Waals surface area contributed by atoms with E-state index in [1.165, 1.54) is 38.5 Å². The normalized spacial score (nSPS) is 20.4. The predicted octanol–water partition coefficient (Wildman–Crippen LogP) is 6.65. The number of ether oxygens (including phenoxy) is 4. The zero-order valence-corrected chi connectivity index (χ0v) is 26.1. The molecular weight excluding hydrogens is 540 g/mol. The fourth-order valence-electron chi connectivity index (χ4n) is 6.30. The first-order valence-electron chi connectivity index (χ1n) is 16.1. The van der Waals surface area contributed by atoms with Gasteiger partial charge in [0.05, 0.1) is 14.2 Å². The predicted molar refractivity (Wildman–Crippen MR) is 172 cm³/mol. The lowest BCUT2D eigenvalue weighted by atomic mass is 9.87. The van der Waals surface area contributed by atoms with Gasteiger partial charge in [-0.2, -0.15) is 0 Å². The summed E-state index contributed by atoms with van der Waals surface area (Å²) in [4.78, 5) is 18.4. The van der Waals surface area contributed by atoms with Gasteiger partial charge in [0.15, 0.2) is 28.8 Å². The smallest absolute Gasteiger partial charge is 0.185 e. The maximum absolute atomic E-state index is 13.5. The second kappa shape index (κ2) is 16.0. The van der Waals surface area contributed by atoms with Crippen LogP contribution in [0.2, 0.25) is 0 Å². The standard InChI is InChI=1S/C36H48N2O5/c1-40-34-26-28(12-14-32(34)42-22-20-37-16-5-3-6-17-37)24-30-10-9-11-31(36(30)39)25-29-13-15-33(35(27-29)41-2)43-23-21-38-18-7-4-8-19-38/h12-15,24-27H,3-11,16-23H2,1-2H3/b30-24+,31-25+. The van der Waals surface area contributed by atoms with Crippen LogP contribution in [0.1, 0.15) is 68.9 Å². The van der Waals surface area contributed by atoms with Crippen LogP contribution < -0.4 is 18.9 Å². The number of rotatable bonds is 12. The molecule has 7 nitrogen and oxygen atoms in total. The van der Waals surface area contributed by atoms with E-state index in [4.69, 9.17) is 18.9 Å². The quantitative estimate of drug-likeness (QED) is 0.257. The number of benzene rings is 2. The van der Waals surface area contributed by atoms with E-state index in [0.29, 0.717) is 24.7 Å². The molecule has 2 aromatic rings. The van der Waals surface area contributed by atoms with Crippen LogP contribution in [0.25, 0.3) is 12.2 Å². The first-order chi connectivity index (χ1) is 21.1. The minimum absolute atomic E-state index is 0.105. The van der Waals surface area contributed by atoms with Crippen molar-refractivity contribution < 1.29 is 23.7 Å². The van der Waals surface area contributed by atoms with Crippen molar-refractivity contribution in [2.45, 2.75) is 57.8 Å². The summed E-state index contributed by atoms with van der Waals surface area (Å²) in [6.45, 7) is 7.76. The third-order valence-electron chi connectivity index (χ3n) is 8.76. The van der Waals surface area contributed by atoms with Gasteiger partial charge in [0.25, 0.3) is 0 Å². The molecule has 232 valence electrons. The molecule has 1 aliphatic carbocycles. The monoisotopic (exact) mass is 588 g/mol. The number of Topliss-reactive ketones (excluding diaryl/α,β-unsaturated/α-hetero) is 1. The summed E-state index contributed by atoms with van der Waals surface area (Å²) in [6.07, 6.45) is 14.2. The van der Waals surface area contributed by atoms with E-state index < -0.39 is 0 Å². The molecule has 0 amide bonds. The number of hydrogen-bond donors (Lipinski definition) is 0. The molecule has 0 unspecified atom stereocenters. The minimum Gasteiger partial charge on any atom is -0.493 e. The zero-order chi connectivity index (χ0) is 29.9. The summed E-state index contributed by atoms with van der Waals surface area (Å²) in [6, 6.07) is 11.8. The Bertz CT molecular complexity index is 1180. The molecule has 0 aromatic heterocycles. The maximum atomic E-state index is 13.5. The van der Waals surface area contributed by atoms with Crippen LogP contribution in [-0.2, 0) is 4.79 Å². The van der Waals surface area contributed by atoms with E-state index in [1.807, 2.05) is 48.6 Å². The lowest BCUT2D eigenvalue weighted by Crippen LogP contribution is -2.33. The van der Waals surface area contributed by atoms with Crippen LogP contribution in [-0.4, -0.2) is 82.3 Å². The maximum Gasteiger partial charge on any atom is 0.185 e. The second-order valence-electron chi connectivity index (χ2n) is 11.8. The lowest BCUT2D eigenvalue weighted by Gasteiger charge is -2.26. The van der Waals surface area contributed by atoms with E-state index in [2.05, 4.69) is 9.80 Å². The Balaban J connectivity index is 1.21. The van der Waals surface area contributed by atoms with Gasteiger partial charge in [0, 0.05) is 24.2 Å². The van der Waals surface area contributed by atoms with E-state index in [0.717, 1.165) is 92.3 Å². The summed E-state index contributed by atoms with van der Waals surface area (Å²) < 4.78 is 23.4. The minimum atomic E-state index is 0.105. The van der Waals surface area contributed by atoms with Crippen molar-refractivity contribution in [1.82, 2.24) is 9.80 Å². The molecule has 0 N–H and O–H groups in total. The number of nitrogens with zero attached hydrogens (tertiary/aromatic N) is 2. The topological polar surface area (TPSA) is 60.5 Å². The fraction of sp³-hybridized carbons (Fsp3) is 0.528. The molecule has 5 rings (SSSR count). The van der Waals surface area contributed by atoms with Gasteiger partial charge in [-0.3, -0.25) is 14.6 Å². The SMILES string of the molecule is COc1cc(/C=C2\CCC/C(=C\c3ccc(OCCN4CCCCC4)c(OC)c3)C2=O)ccc1OCCN1CCCCC1. The summed E-state index contributed by atoms with van der Waals surface area (Å²) in [7, 11) is 3.32. The van der Waals surface area contributed by atoms with Gasteiger partial charge in [0.1, 0.15) is 13.2 Å². The summed E-state index contributed by atoms with van der Waals surface area (Å²) in [5.41, 5.74) is 3.53. The Labute approximate surface area is 257 Å². The van der Waals surface area contributed by atoms with Gasteiger partial charge in [-0.25, -0.2) is 0 Å². The van der Waals surface area contributed by atoms with Gasteiger partial charge < -0.3 is 18.9 Å². The number of piperidine rings is 2. The van der Waals surface area contributed by atoms with Crippen LogP contribution in [0.4, 0.5) is 0 Å². The molecule has 0 bridgehead atoms. The van der Waals surface area contributed by atoms with Crippen LogP contribution >= 0.6 is 0 Å². The number of carbonyl (C=O) groups is 1. The average molecular weight is 589 g/mol. The van der Waals surface area contributed by atoms with Crippen molar-refractivity contribution in [3.05, 3.63) is 58.7 Å². The highest BCUT2D eigenvalue weighted by Crippen LogP contribution is 2.34. The van der Waals surface area contributed by atoms with Crippen molar-refractivity contribution in [2.75, 3.05) is 66.7 Å². The zero-order valence-electron chi connectivity index (χ0n) is 26.1. The number of hydrogen-bond acceptors (Lipinski definition) is 7. The molecule has 43 heavy (non-hydrogen) atoms. The third-order valence-corrected chi connectivity index (χ3v) is 8.76. The summed E-state index contributed by atoms with van der Waals surface area (Å²) in [5, 5.41) is 0. The van der Waals surface area contributed by atoms with Crippen molar-refractivity contribution >= 4 is 17.9 Å². The van der Waals surface area contributed by atoms with E-state index in [1.54, 1.807) is 14.2 Å². The molecule has 0 spiro atoms. The molecule has 2 heterocycles. The fourth-order valence-corrected chi connectivity index (χ4v) is 6.30. The Morgan fingerprint density at radius 1 is 0.605 bits per heavy atom.